The van der Waals surface area contributed by atoms with Crippen molar-refractivity contribution in [3.8, 4) is 0 Å². The van der Waals surface area contributed by atoms with E-state index in [-0.39, 0.29) is 5.91 Å². The molecule has 1 fully saturated rings. The van der Waals surface area contributed by atoms with Crippen LogP contribution in [0, 0.1) is 18.8 Å². The number of carbonyl (C=O) groups is 3. The molecule has 1 amide bonds. The Kier molecular flexibility index (Phi) is 3.74. The number of benzene rings is 1. The van der Waals surface area contributed by atoms with E-state index in [2.05, 4.69) is 10.1 Å². The van der Waals surface area contributed by atoms with Gasteiger partial charge in [0, 0.05) is 5.69 Å². The highest BCUT2D eigenvalue weighted by atomic mass is 16.5. The lowest BCUT2D eigenvalue weighted by Gasteiger charge is -2.09. The van der Waals surface area contributed by atoms with Gasteiger partial charge in [0.05, 0.1) is 24.5 Å². The van der Waals surface area contributed by atoms with Gasteiger partial charge in [-0.1, -0.05) is 0 Å². The van der Waals surface area contributed by atoms with Crippen LogP contribution < -0.4 is 5.32 Å². The third-order valence-electron chi connectivity index (χ3n) is 3.35. The number of aliphatic carboxylic acids is 1. The van der Waals surface area contributed by atoms with Crippen LogP contribution in [-0.2, 0) is 14.3 Å². The molecule has 2 rings (SSSR count). The first-order valence-corrected chi connectivity index (χ1v) is 6.16. The normalized spacial score (nSPS) is 20.1. The van der Waals surface area contributed by atoms with Gasteiger partial charge < -0.3 is 15.2 Å². The zero-order valence-corrected chi connectivity index (χ0v) is 11.2. The van der Waals surface area contributed by atoms with E-state index in [0.29, 0.717) is 23.2 Å². The third-order valence-corrected chi connectivity index (χ3v) is 3.35. The molecule has 2 atom stereocenters. The summed E-state index contributed by atoms with van der Waals surface area (Å²) in [5.41, 5.74) is 1.69. The summed E-state index contributed by atoms with van der Waals surface area (Å²) in [6.45, 7) is 1.75. The lowest BCUT2D eigenvalue weighted by Crippen LogP contribution is -2.17. The van der Waals surface area contributed by atoms with Crippen molar-refractivity contribution in [3.05, 3.63) is 29.3 Å². The van der Waals surface area contributed by atoms with Gasteiger partial charge in [0.25, 0.3) is 0 Å². The third kappa shape index (κ3) is 2.79. The number of aryl methyl sites for hydroxylation is 1. The fourth-order valence-corrected chi connectivity index (χ4v) is 2.03. The number of carboxylic acids is 1. The van der Waals surface area contributed by atoms with Gasteiger partial charge in [-0.05, 0) is 37.1 Å². The second-order valence-corrected chi connectivity index (χ2v) is 4.80. The first kappa shape index (κ1) is 14.0. The minimum Gasteiger partial charge on any atom is -0.481 e. The number of rotatable bonds is 4. The van der Waals surface area contributed by atoms with Crippen molar-refractivity contribution in [1.29, 1.82) is 0 Å². The minimum absolute atomic E-state index is 0.300. The quantitative estimate of drug-likeness (QED) is 0.812. The maximum atomic E-state index is 11.9. The summed E-state index contributed by atoms with van der Waals surface area (Å²) in [7, 11) is 1.30. The fourth-order valence-electron chi connectivity index (χ4n) is 2.03. The van der Waals surface area contributed by atoms with Gasteiger partial charge in [-0.2, -0.15) is 0 Å². The largest absolute Gasteiger partial charge is 0.481 e. The zero-order valence-electron chi connectivity index (χ0n) is 11.2. The van der Waals surface area contributed by atoms with Crippen LogP contribution in [-0.4, -0.2) is 30.1 Å². The molecule has 2 N–H and O–H groups in total. The van der Waals surface area contributed by atoms with Crippen LogP contribution in [0.25, 0.3) is 0 Å². The highest BCUT2D eigenvalue weighted by Gasteiger charge is 2.48. The molecule has 6 heteroatoms. The molecule has 1 saturated carbocycles. The smallest absolute Gasteiger partial charge is 0.337 e. The van der Waals surface area contributed by atoms with Crippen LogP contribution in [0.15, 0.2) is 18.2 Å². The predicted octanol–water partition coefficient (Wildman–Crippen LogP) is 1.44. The van der Waals surface area contributed by atoms with E-state index in [1.54, 1.807) is 25.1 Å². The van der Waals surface area contributed by atoms with E-state index in [1.165, 1.54) is 7.11 Å². The standard InChI is InChI=1S/C14H15NO5/c1-7-5-8(14(19)20-2)3-4-11(7)15-12(16)9-6-10(9)13(17)18/h3-5,9-10H,6H2,1-2H3,(H,15,16)(H,17,18). The Balaban J connectivity index is 2.05. The Bertz CT molecular complexity index is 581. The number of esters is 1. The summed E-state index contributed by atoms with van der Waals surface area (Å²) >= 11 is 0. The second-order valence-electron chi connectivity index (χ2n) is 4.80. The maximum absolute atomic E-state index is 11.9. The number of carboxylic acid groups (broad SMARTS) is 1. The number of anilines is 1. The molecule has 0 spiro atoms. The number of ether oxygens (including phenoxy) is 1. The van der Waals surface area contributed by atoms with Crippen LogP contribution in [0.4, 0.5) is 5.69 Å². The van der Waals surface area contributed by atoms with Crippen molar-refractivity contribution < 1.29 is 24.2 Å². The van der Waals surface area contributed by atoms with Crippen LogP contribution in [0.3, 0.4) is 0 Å². The first-order chi connectivity index (χ1) is 9.43. The fraction of sp³-hybridized carbons (Fsp3) is 0.357. The molecule has 0 bridgehead atoms. The molecule has 0 aromatic heterocycles. The molecule has 1 aromatic rings. The van der Waals surface area contributed by atoms with Crippen LogP contribution in [0.1, 0.15) is 22.3 Å². The van der Waals surface area contributed by atoms with Gasteiger partial charge in [-0.3, -0.25) is 9.59 Å². The summed E-state index contributed by atoms with van der Waals surface area (Å²) in [5.74, 6) is -2.73. The lowest BCUT2D eigenvalue weighted by atomic mass is 10.1. The Hall–Kier alpha value is -2.37. The molecule has 0 heterocycles. The van der Waals surface area contributed by atoms with Gasteiger partial charge in [0.2, 0.25) is 5.91 Å². The topological polar surface area (TPSA) is 92.7 Å². The molecule has 2 unspecified atom stereocenters. The average molecular weight is 277 g/mol. The van der Waals surface area contributed by atoms with Crippen molar-refractivity contribution in [2.45, 2.75) is 13.3 Å². The summed E-state index contributed by atoms with van der Waals surface area (Å²) < 4.78 is 4.61. The first-order valence-electron chi connectivity index (χ1n) is 6.16. The van der Waals surface area contributed by atoms with Crippen molar-refractivity contribution in [3.63, 3.8) is 0 Å². The van der Waals surface area contributed by atoms with Gasteiger partial charge in [0.1, 0.15) is 0 Å². The number of hydrogen-bond acceptors (Lipinski definition) is 4. The molecular formula is C14H15NO5. The van der Waals surface area contributed by atoms with Gasteiger partial charge >= 0.3 is 11.9 Å². The second kappa shape index (κ2) is 5.32. The molecule has 0 radical (unpaired) electrons. The number of carbonyl (C=O) groups excluding carboxylic acids is 2. The molecule has 0 aliphatic heterocycles. The van der Waals surface area contributed by atoms with E-state index in [0.717, 1.165) is 0 Å². The Morgan fingerprint density at radius 2 is 2.00 bits per heavy atom. The van der Waals surface area contributed by atoms with Gasteiger partial charge in [-0.15, -0.1) is 0 Å². The van der Waals surface area contributed by atoms with E-state index in [1.807, 2.05) is 0 Å². The minimum atomic E-state index is -0.942. The monoisotopic (exact) mass is 277 g/mol. The van der Waals surface area contributed by atoms with Crippen molar-refractivity contribution in [2.75, 3.05) is 12.4 Å². The maximum Gasteiger partial charge on any atom is 0.337 e. The Labute approximate surface area is 115 Å². The van der Waals surface area contributed by atoms with E-state index >= 15 is 0 Å². The molecular weight excluding hydrogens is 262 g/mol. The van der Waals surface area contributed by atoms with E-state index < -0.39 is 23.8 Å². The van der Waals surface area contributed by atoms with E-state index in [4.69, 9.17) is 5.11 Å². The molecule has 6 nitrogen and oxygen atoms in total. The molecule has 0 saturated heterocycles. The zero-order chi connectivity index (χ0) is 14.9. The lowest BCUT2D eigenvalue weighted by molar-refractivity contribution is -0.139. The summed E-state index contributed by atoms with van der Waals surface area (Å²) in [6.07, 6.45) is 0.375. The molecule has 1 aromatic carbocycles. The predicted molar refractivity (Wildman–Crippen MR) is 70.4 cm³/mol. The van der Waals surface area contributed by atoms with Crippen LogP contribution >= 0.6 is 0 Å². The molecule has 20 heavy (non-hydrogen) atoms. The van der Waals surface area contributed by atoms with Crippen molar-refractivity contribution in [1.82, 2.24) is 0 Å². The van der Waals surface area contributed by atoms with Crippen LogP contribution in [0.2, 0.25) is 0 Å². The van der Waals surface area contributed by atoms with Crippen LogP contribution in [0.5, 0.6) is 0 Å². The number of amides is 1. The number of methoxy groups -OCH3 is 1. The summed E-state index contributed by atoms with van der Waals surface area (Å²) in [6, 6.07) is 4.77. The number of nitrogens with one attached hydrogen (secondary N) is 1. The average Bonchev–Trinajstić information content (AvgIpc) is 3.20. The highest BCUT2D eigenvalue weighted by Crippen LogP contribution is 2.39. The van der Waals surface area contributed by atoms with E-state index in [9.17, 15) is 14.4 Å². The van der Waals surface area contributed by atoms with Gasteiger partial charge in [0.15, 0.2) is 0 Å². The SMILES string of the molecule is COC(=O)c1ccc(NC(=O)C2CC2C(=O)O)c(C)c1. The van der Waals surface area contributed by atoms with Crippen molar-refractivity contribution in [2.24, 2.45) is 11.8 Å². The number of hydrogen-bond donors (Lipinski definition) is 2. The van der Waals surface area contributed by atoms with Gasteiger partial charge in [-0.25, -0.2) is 4.79 Å². The molecule has 106 valence electrons. The highest BCUT2D eigenvalue weighted by molar-refractivity contribution is 5.99. The molecule has 1 aliphatic rings. The van der Waals surface area contributed by atoms with Crippen molar-refractivity contribution >= 4 is 23.5 Å². The summed E-state index contributed by atoms with van der Waals surface area (Å²) in [5, 5.41) is 11.5. The summed E-state index contributed by atoms with van der Waals surface area (Å²) in [4.78, 5) is 33.9. The Morgan fingerprint density at radius 1 is 1.30 bits per heavy atom. The molecule has 1 aliphatic carbocycles. The Morgan fingerprint density at radius 3 is 2.50 bits per heavy atom.